The Kier molecular flexibility index (Phi) is 16.7. The van der Waals surface area contributed by atoms with Crippen molar-refractivity contribution in [3.8, 4) is 11.3 Å². The molecule has 0 radical (unpaired) electrons. The zero-order chi connectivity index (χ0) is 35.7. The van der Waals surface area contributed by atoms with E-state index in [1.807, 2.05) is 30.3 Å². The SMILES string of the molecule is O=C(O)c1cccc(-c2[c-]cc(F)cc2F)n1.[Ir+3].[c-]1c(CPc2ccccc2)cccc1C[PH+](c1ccccc1)c1ccccc1.[c-]1ccccc1. The largest absolute Gasteiger partial charge is 3.00 e. The zero-order valence-electron chi connectivity index (χ0n) is 28.0. The molecule has 0 amide bonds. The number of nitrogens with zero attached hydrogens (tertiary/aromatic N) is 1. The molecule has 6 aromatic carbocycles. The van der Waals surface area contributed by atoms with E-state index in [1.165, 1.54) is 45.2 Å². The van der Waals surface area contributed by atoms with Gasteiger partial charge in [-0.15, -0.1) is 17.7 Å². The van der Waals surface area contributed by atoms with Crippen LogP contribution < -0.4 is 15.9 Å². The second-order valence-corrected chi connectivity index (χ2v) is 14.9. The molecule has 7 rings (SSSR count). The Morgan fingerprint density at radius 1 is 0.712 bits per heavy atom. The quantitative estimate of drug-likeness (QED) is 0.116. The molecular formula is C44H35F2IrNO2P2+. The number of pyridine rings is 1. The van der Waals surface area contributed by atoms with Crippen molar-refractivity contribution < 1.29 is 38.8 Å². The maximum absolute atomic E-state index is 13.4. The van der Waals surface area contributed by atoms with Crippen LogP contribution in [0.3, 0.4) is 0 Å². The van der Waals surface area contributed by atoms with E-state index in [1.54, 1.807) is 0 Å². The second-order valence-electron chi connectivity index (χ2n) is 11.1. The smallest absolute Gasteiger partial charge is 0.477 e. The molecule has 52 heavy (non-hydrogen) atoms. The van der Waals surface area contributed by atoms with Crippen LogP contribution in [0.4, 0.5) is 8.78 Å². The van der Waals surface area contributed by atoms with Crippen LogP contribution in [0.5, 0.6) is 0 Å². The van der Waals surface area contributed by atoms with E-state index in [0.29, 0.717) is 6.07 Å². The van der Waals surface area contributed by atoms with E-state index in [2.05, 4.69) is 132 Å². The summed E-state index contributed by atoms with van der Waals surface area (Å²) in [6, 6.07) is 63.8. The number of aromatic carboxylic acids is 1. The van der Waals surface area contributed by atoms with Gasteiger partial charge in [-0.3, -0.25) is 13.8 Å². The average molecular weight is 902 g/mol. The molecule has 0 aliphatic heterocycles. The van der Waals surface area contributed by atoms with Gasteiger partial charge in [-0.05, 0) is 47.5 Å². The van der Waals surface area contributed by atoms with Gasteiger partial charge in [-0.1, -0.05) is 99.1 Å². The number of carbonyl (C=O) groups is 1. The molecule has 0 fully saturated rings. The number of carboxylic acids is 1. The van der Waals surface area contributed by atoms with Crippen LogP contribution in [0.1, 0.15) is 21.6 Å². The van der Waals surface area contributed by atoms with Gasteiger partial charge >= 0.3 is 26.1 Å². The minimum Gasteiger partial charge on any atom is -0.477 e. The van der Waals surface area contributed by atoms with Crippen LogP contribution in [0.2, 0.25) is 0 Å². The molecule has 0 bridgehead atoms. The summed E-state index contributed by atoms with van der Waals surface area (Å²) >= 11 is 0. The Hall–Kier alpha value is -4.69. The predicted octanol–water partition coefficient (Wildman–Crippen LogP) is 9.37. The molecule has 8 heteroatoms. The molecule has 1 N–H and O–H groups in total. The summed E-state index contributed by atoms with van der Waals surface area (Å²) in [6.45, 7) is 0. The van der Waals surface area contributed by atoms with Crippen LogP contribution >= 0.6 is 16.5 Å². The van der Waals surface area contributed by atoms with Crippen LogP contribution in [-0.2, 0) is 32.4 Å². The summed E-state index contributed by atoms with van der Waals surface area (Å²) in [4.78, 5) is 14.4. The Bertz CT molecular complexity index is 2030. The van der Waals surface area contributed by atoms with Gasteiger partial charge in [0.25, 0.3) is 0 Å². The van der Waals surface area contributed by atoms with E-state index in [9.17, 15) is 13.6 Å². The van der Waals surface area contributed by atoms with Crippen molar-refractivity contribution in [2.45, 2.75) is 12.3 Å². The first-order chi connectivity index (χ1) is 25.0. The fraction of sp³-hybridized carbons (Fsp3) is 0.0455. The average Bonchev–Trinajstić information content (AvgIpc) is 3.19. The normalized spacial score (nSPS) is 10.4. The van der Waals surface area contributed by atoms with Crippen LogP contribution in [-0.4, -0.2) is 16.1 Å². The van der Waals surface area contributed by atoms with E-state index < -0.39 is 25.5 Å². The molecule has 0 saturated heterocycles. The fourth-order valence-electron chi connectivity index (χ4n) is 5.05. The summed E-state index contributed by atoms with van der Waals surface area (Å²) in [7, 11) is -0.0669. The molecule has 7 aromatic rings. The molecule has 1 atom stereocenters. The van der Waals surface area contributed by atoms with Gasteiger partial charge in [-0.2, -0.15) is 66.2 Å². The Balaban J connectivity index is 0.000000213. The standard InChI is InChI=1S/C26H23P2.C12H6F2NO2.C6H5.Ir/c1-4-13-24(14-5-1)27-20-22-11-10-12-23(19-22)21-28(25-15-6-2-7-16-25)26-17-8-3-9-18-26;13-7-4-5-8(9(14)6-7)10-2-1-3-11(15-10)12(16)17;1-2-4-6-5-3-1;/h1-18,27H,20-21H2;1-4,6H,(H,16,17);1-5H;/q3*-1;+3/p+1. The summed E-state index contributed by atoms with van der Waals surface area (Å²) in [5.41, 5.74) is 2.48. The van der Waals surface area contributed by atoms with Crippen LogP contribution in [0.15, 0.2) is 170 Å². The Morgan fingerprint density at radius 3 is 1.85 bits per heavy atom. The third-order valence-corrected chi connectivity index (χ3v) is 11.6. The molecule has 0 spiro atoms. The van der Waals surface area contributed by atoms with Crippen LogP contribution in [0.25, 0.3) is 11.3 Å². The van der Waals surface area contributed by atoms with Gasteiger partial charge in [0, 0.05) is 11.6 Å². The van der Waals surface area contributed by atoms with Gasteiger partial charge in [0.05, 0.1) is 24.7 Å². The van der Waals surface area contributed by atoms with Gasteiger partial charge in [0.2, 0.25) is 0 Å². The van der Waals surface area contributed by atoms with E-state index in [4.69, 9.17) is 5.11 Å². The minimum atomic E-state index is -1.21. The van der Waals surface area contributed by atoms with Crippen LogP contribution in [0, 0.1) is 29.8 Å². The zero-order valence-corrected chi connectivity index (χ0v) is 32.4. The van der Waals surface area contributed by atoms with Crippen molar-refractivity contribution in [2.75, 3.05) is 0 Å². The summed E-state index contributed by atoms with van der Waals surface area (Å²) < 4.78 is 26.1. The number of carboxylic acid groups (broad SMARTS) is 1. The van der Waals surface area contributed by atoms with E-state index in [-0.39, 0.29) is 37.1 Å². The van der Waals surface area contributed by atoms with E-state index >= 15 is 0 Å². The molecule has 3 nitrogen and oxygen atoms in total. The van der Waals surface area contributed by atoms with Gasteiger partial charge in [0.1, 0.15) is 5.69 Å². The van der Waals surface area contributed by atoms with Crippen molar-refractivity contribution in [1.29, 1.82) is 0 Å². The first-order valence-electron chi connectivity index (χ1n) is 16.2. The van der Waals surface area contributed by atoms with Crippen molar-refractivity contribution in [3.05, 3.63) is 217 Å². The number of halogens is 2. The summed E-state index contributed by atoms with van der Waals surface area (Å²) in [5, 5.41) is 13.1. The van der Waals surface area contributed by atoms with Crippen molar-refractivity contribution in [2.24, 2.45) is 0 Å². The number of benzene rings is 6. The number of hydrogen-bond acceptors (Lipinski definition) is 2. The number of rotatable bonds is 9. The van der Waals surface area contributed by atoms with Crippen molar-refractivity contribution in [3.63, 3.8) is 0 Å². The first-order valence-corrected chi connectivity index (χ1v) is 19.1. The first kappa shape index (κ1) is 40.1. The number of aromatic nitrogens is 1. The van der Waals surface area contributed by atoms with Gasteiger partial charge in [-0.25, -0.2) is 4.79 Å². The molecule has 0 aliphatic carbocycles. The second kappa shape index (κ2) is 21.6. The Labute approximate surface area is 320 Å². The molecule has 1 aromatic heterocycles. The van der Waals surface area contributed by atoms with Crippen molar-refractivity contribution >= 4 is 38.4 Å². The maximum atomic E-state index is 13.4. The topological polar surface area (TPSA) is 50.2 Å². The predicted molar refractivity (Wildman–Crippen MR) is 208 cm³/mol. The fourth-order valence-corrected chi connectivity index (χ4v) is 8.59. The van der Waals surface area contributed by atoms with E-state index in [0.717, 1.165) is 27.0 Å². The molecule has 0 aliphatic rings. The molecular weight excluding hydrogens is 867 g/mol. The van der Waals surface area contributed by atoms with Crippen molar-refractivity contribution in [1.82, 2.24) is 4.98 Å². The molecule has 1 heterocycles. The summed E-state index contributed by atoms with van der Waals surface area (Å²) in [6.07, 6.45) is 2.14. The molecule has 0 saturated carbocycles. The third kappa shape index (κ3) is 12.8. The minimum absolute atomic E-state index is 0. The Morgan fingerprint density at radius 2 is 1.29 bits per heavy atom. The van der Waals surface area contributed by atoms with Gasteiger partial charge in [0.15, 0.2) is 0 Å². The maximum Gasteiger partial charge on any atom is 3.00 e. The summed E-state index contributed by atoms with van der Waals surface area (Å²) in [5.74, 6) is -2.80. The molecule has 260 valence electrons. The monoisotopic (exact) mass is 902 g/mol. The van der Waals surface area contributed by atoms with Gasteiger partial charge < -0.3 is 5.11 Å². The molecule has 1 unspecified atom stereocenters. The third-order valence-electron chi connectivity index (χ3n) is 7.47. The number of hydrogen-bond donors (Lipinski definition) is 1.